The van der Waals surface area contributed by atoms with Gasteiger partial charge in [-0.2, -0.15) is 0 Å². The van der Waals surface area contributed by atoms with E-state index in [1.807, 2.05) is 60.7 Å². The summed E-state index contributed by atoms with van der Waals surface area (Å²) in [5.41, 5.74) is 2.26. The monoisotopic (exact) mass is 296 g/mol. The van der Waals surface area contributed by atoms with E-state index in [9.17, 15) is 4.79 Å². The van der Waals surface area contributed by atoms with E-state index < -0.39 is 0 Å². The second-order valence-electron chi connectivity index (χ2n) is 5.61. The van der Waals surface area contributed by atoms with Crippen molar-refractivity contribution in [1.29, 1.82) is 0 Å². The average Bonchev–Trinajstić information content (AvgIpc) is 2.89. The van der Waals surface area contributed by atoms with Crippen molar-refractivity contribution in [3.63, 3.8) is 0 Å². The van der Waals surface area contributed by atoms with E-state index in [0.29, 0.717) is 26.1 Å². The first kappa shape index (κ1) is 14.9. The van der Waals surface area contributed by atoms with Crippen molar-refractivity contribution in [3.05, 3.63) is 71.8 Å². The van der Waals surface area contributed by atoms with Gasteiger partial charge in [0.1, 0.15) is 6.10 Å². The van der Waals surface area contributed by atoms with Gasteiger partial charge in [0.25, 0.3) is 0 Å². The number of hydrogen-bond acceptors (Lipinski definition) is 3. The van der Waals surface area contributed by atoms with Crippen molar-refractivity contribution >= 4 is 5.78 Å². The Balaban J connectivity index is 1.45. The summed E-state index contributed by atoms with van der Waals surface area (Å²) in [6.45, 7) is 1.02. The van der Waals surface area contributed by atoms with Gasteiger partial charge in [-0.05, 0) is 11.1 Å². The SMILES string of the molecule is O=C1CC(COCc2ccccc2)OC1Cc1ccccc1. The Labute approximate surface area is 130 Å². The van der Waals surface area contributed by atoms with Gasteiger partial charge in [0.2, 0.25) is 0 Å². The molecule has 2 atom stereocenters. The minimum absolute atomic E-state index is 0.120. The second-order valence-corrected chi connectivity index (χ2v) is 5.61. The molecule has 0 N–H and O–H groups in total. The summed E-state index contributed by atoms with van der Waals surface area (Å²) in [5.74, 6) is 0.178. The number of hydrogen-bond donors (Lipinski definition) is 0. The molecule has 22 heavy (non-hydrogen) atoms. The molecule has 3 rings (SSSR count). The van der Waals surface area contributed by atoms with Crippen molar-refractivity contribution in [1.82, 2.24) is 0 Å². The topological polar surface area (TPSA) is 35.5 Å². The average molecular weight is 296 g/mol. The zero-order valence-electron chi connectivity index (χ0n) is 12.5. The molecule has 1 aliphatic heterocycles. The molecule has 1 fully saturated rings. The van der Waals surface area contributed by atoms with Crippen LogP contribution in [-0.4, -0.2) is 24.6 Å². The zero-order valence-corrected chi connectivity index (χ0v) is 12.5. The van der Waals surface area contributed by atoms with Crippen LogP contribution < -0.4 is 0 Å². The molecule has 3 heteroatoms. The highest BCUT2D eigenvalue weighted by Crippen LogP contribution is 2.20. The van der Waals surface area contributed by atoms with Gasteiger partial charge in [-0.3, -0.25) is 4.79 Å². The first-order valence-corrected chi connectivity index (χ1v) is 7.65. The third-order valence-corrected chi connectivity index (χ3v) is 3.82. The summed E-state index contributed by atoms with van der Waals surface area (Å²) in [7, 11) is 0. The Kier molecular flexibility index (Phi) is 4.99. The van der Waals surface area contributed by atoms with Crippen LogP contribution in [0.25, 0.3) is 0 Å². The number of Topliss-reactive ketones (excluding diaryl/α,β-unsaturated/α-hetero) is 1. The van der Waals surface area contributed by atoms with Gasteiger partial charge in [0.05, 0.1) is 19.3 Å². The van der Waals surface area contributed by atoms with Crippen LogP contribution in [0.4, 0.5) is 0 Å². The standard InChI is InChI=1S/C19H20O3/c20-18-12-17(14-21-13-16-9-5-2-6-10-16)22-19(18)11-15-7-3-1-4-8-15/h1-10,17,19H,11-14H2. The lowest BCUT2D eigenvalue weighted by atomic mass is 10.0. The molecule has 0 bridgehead atoms. The minimum Gasteiger partial charge on any atom is -0.374 e. The van der Waals surface area contributed by atoms with E-state index in [2.05, 4.69) is 0 Å². The smallest absolute Gasteiger partial charge is 0.164 e. The van der Waals surface area contributed by atoms with E-state index in [1.54, 1.807) is 0 Å². The van der Waals surface area contributed by atoms with E-state index in [0.717, 1.165) is 11.1 Å². The Hall–Kier alpha value is -1.97. The third kappa shape index (κ3) is 4.03. The van der Waals surface area contributed by atoms with Gasteiger partial charge < -0.3 is 9.47 Å². The fourth-order valence-corrected chi connectivity index (χ4v) is 2.68. The van der Waals surface area contributed by atoms with Crippen LogP contribution in [0.3, 0.4) is 0 Å². The lowest BCUT2D eigenvalue weighted by molar-refractivity contribution is -0.122. The Morgan fingerprint density at radius 3 is 2.27 bits per heavy atom. The van der Waals surface area contributed by atoms with Crippen LogP contribution in [0.5, 0.6) is 0 Å². The predicted molar refractivity (Wildman–Crippen MR) is 84.5 cm³/mol. The van der Waals surface area contributed by atoms with Crippen molar-refractivity contribution in [2.45, 2.75) is 31.7 Å². The summed E-state index contributed by atoms with van der Waals surface area (Å²) in [6, 6.07) is 20.0. The molecule has 0 amide bonds. The largest absolute Gasteiger partial charge is 0.374 e. The number of ether oxygens (including phenoxy) is 2. The molecule has 2 unspecified atom stereocenters. The van der Waals surface area contributed by atoms with Gasteiger partial charge in [-0.15, -0.1) is 0 Å². The van der Waals surface area contributed by atoms with Gasteiger partial charge in [-0.1, -0.05) is 60.7 Å². The molecule has 2 aromatic rings. The molecule has 0 radical (unpaired) electrons. The second kappa shape index (κ2) is 7.34. The maximum absolute atomic E-state index is 12.0. The normalized spacial score (nSPS) is 21.2. The minimum atomic E-state index is -0.326. The Morgan fingerprint density at radius 2 is 1.59 bits per heavy atom. The maximum Gasteiger partial charge on any atom is 0.164 e. The van der Waals surface area contributed by atoms with Gasteiger partial charge >= 0.3 is 0 Å². The van der Waals surface area contributed by atoms with Crippen LogP contribution in [0.2, 0.25) is 0 Å². The lowest BCUT2D eigenvalue weighted by Gasteiger charge is -2.13. The van der Waals surface area contributed by atoms with Crippen LogP contribution in [0, 0.1) is 0 Å². The number of rotatable bonds is 6. The van der Waals surface area contributed by atoms with Crippen LogP contribution >= 0.6 is 0 Å². The first-order chi connectivity index (χ1) is 10.8. The molecule has 0 saturated carbocycles. The summed E-state index contributed by atoms with van der Waals surface area (Å²) >= 11 is 0. The van der Waals surface area contributed by atoms with Gasteiger partial charge in [0.15, 0.2) is 5.78 Å². The quantitative estimate of drug-likeness (QED) is 0.821. The zero-order chi connectivity index (χ0) is 15.2. The molecule has 0 spiro atoms. The lowest BCUT2D eigenvalue weighted by Crippen LogP contribution is -2.20. The molecule has 1 heterocycles. The van der Waals surface area contributed by atoms with Crippen LogP contribution in [-0.2, 0) is 27.3 Å². The highest BCUT2D eigenvalue weighted by Gasteiger charge is 2.33. The highest BCUT2D eigenvalue weighted by molar-refractivity contribution is 5.85. The predicted octanol–water partition coefficient (Wildman–Crippen LogP) is 3.17. The fraction of sp³-hybridized carbons (Fsp3) is 0.316. The molecule has 0 aromatic heterocycles. The van der Waals surface area contributed by atoms with Crippen LogP contribution in [0.1, 0.15) is 17.5 Å². The van der Waals surface area contributed by atoms with Gasteiger partial charge in [-0.25, -0.2) is 0 Å². The summed E-state index contributed by atoms with van der Waals surface area (Å²) in [5, 5.41) is 0. The van der Waals surface area contributed by atoms with E-state index >= 15 is 0 Å². The van der Waals surface area contributed by atoms with E-state index in [-0.39, 0.29) is 18.0 Å². The number of benzene rings is 2. The van der Waals surface area contributed by atoms with Crippen molar-refractivity contribution < 1.29 is 14.3 Å². The molecule has 2 aromatic carbocycles. The first-order valence-electron chi connectivity index (χ1n) is 7.65. The summed E-state index contributed by atoms with van der Waals surface area (Å²) in [6.07, 6.45) is 0.652. The van der Waals surface area contributed by atoms with E-state index in [1.165, 1.54) is 0 Å². The molecule has 1 saturated heterocycles. The third-order valence-electron chi connectivity index (χ3n) is 3.82. The fourth-order valence-electron chi connectivity index (χ4n) is 2.68. The van der Waals surface area contributed by atoms with Crippen molar-refractivity contribution in [2.75, 3.05) is 6.61 Å². The number of ketones is 1. The summed E-state index contributed by atoms with van der Waals surface area (Å²) < 4.78 is 11.5. The number of carbonyl (C=O) groups is 1. The molecule has 0 aliphatic carbocycles. The Morgan fingerprint density at radius 1 is 0.955 bits per heavy atom. The molecular weight excluding hydrogens is 276 g/mol. The highest BCUT2D eigenvalue weighted by atomic mass is 16.5. The maximum atomic E-state index is 12.0. The van der Waals surface area contributed by atoms with Gasteiger partial charge in [0, 0.05) is 12.8 Å². The molecule has 1 aliphatic rings. The van der Waals surface area contributed by atoms with E-state index in [4.69, 9.17) is 9.47 Å². The van der Waals surface area contributed by atoms with Crippen molar-refractivity contribution in [2.24, 2.45) is 0 Å². The summed E-state index contributed by atoms with van der Waals surface area (Å²) in [4.78, 5) is 12.0. The Bertz CT molecular complexity index is 595. The molecular formula is C19H20O3. The molecule has 114 valence electrons. The van der Waals surface area contributed by atoms with Crippen molar-refractivity contribution in [3.8, 4) is 0 Å². The van der Waals surface area contributed by atoms with Crippen LogP contribution in [0.15, 0.2) is 60.7 Å². The molecule has 3 nitrogen and oxygen atoms in total. The number of carbonyl (C=O) groups excluding carboxylic acids is 1.